The van der Waals surface area contributed by atoms with Gasteiger partial charge in [-0.25, -0.2) is 0 Å². The number of likely N-dealkylation sites (N-methyl/N-ethyl adjacent to an activating group) is 1. The van der Waals surface area contributed by atoms with Gasteiger partial charge >= 0.3 is 0 Å². The Morgan fingerprint density at radius 1 is 1.06 bits per heavy atom. The molecular weight excluding hydrogens is 632 g/mol. The van der Waals surface area contributed by atoms with Gasteiger partial charge in [0.2, 0.25) is 5.91 Å². The monoisotopic (exact) mass is 703 g/mol. The van der Waals surface area contributed by atoms with Gasteiger partial charge in [0, 0.05) is 32.7 Å². The van der Waals surface area contributed by atoms with E-state index in [2.05, 4.69) is 39.5 Å². The molecule has 0 radical (unpaired) electrons. The highest BCUT2D eigenvalue weighted by Crippen LogP contribution is 2.89. The number of morpholine rings is 1. The van der Waals surface area contributed by atoms with Gasteiger partial charge < -0.3 is 34.1 Å². The van der Waals surface area contributed by atoms with Crippen LogP contribution in [-0.2, 0) is 23.7 Å². The van der Waals surface area contributed by atoms with E-state index in [4.69, 9.17) is 18.9 Å². The summed E-state index contributed by atoms with van der Waals surface area (Å²) in [6.07, 6.45) is 7.39. The summed E-state index contributed by atoms with van der Waals surface area (Å²) >= 11 is 0. The standard InChI is InChI=1S/C41H70N2O7/c1-12-47-34(37(6,7)46)26-21-24(2)31-32(49-26)33(44)39(9)28-14-13-27-36(4,5)29(15-16-40(27)23-41(28,40)18-17-38(31,39)8)50-30-22-43(19-20-48-30)25(3)35(45)42(10)11/h24-34,44,46H,12-23H2,1-11H3/t24-,25+,26-,27+,28+,29?,30+,31+,32+,33+,34+,38-,39-,40-,41+/m1/s1. The van der Waals surface area contributed by atoms with Gasteiger partial charge in [-0.2, -0.15) is 0 Å². The zero-order valence-corrected chi connectivity index (χ0v) is 33.2. The molecule has 0 aromatic carbocycles. The zero-order chi connectivity index (χ0) is 36.4. The first-order valence-corrected chi connectivity index (χ1v) is 20.2. The van der Waals surface area contributed by atoms with E-state index in [1.54, 1.807) is 4.90 Å². The Labute approximate surface area is 302 Å². The van der Waals surface area contributed by atoms with E-state index in [0.29, 0.717) is 48.8 Å². The second kappa shape index (κ2) is 12.4. The van der Waals surface area contributed by atoms with Crippen LogP contribution >= 0.6 is 0 Å². The van der Waals surface area contributed by atoms with Crippen molar-refractivity contribution in [3.63, 3.8) is 0 Å². The molecule has 2 heterocycles. The quantitative estimate of drug-likeness (QED) is 0.343. The number of aliphatic hydroxyl groups excluding tert-OH is 1. The molecule has 2 saturated heterocycles. The Morgan fingerprint density at radius 3 is 2.40 bits per heavy atom. The molecule has 7 fully saturated rings. The lowest BCUT2D eigenvalue weighted by Gasteiger charge is -2.64. The molecule has 2 N–H and O–H groups in total. The van der Waals surface area contributed by atoms with E-state index in [-0.39, 0.29) is 58.2 Å². The Balaban J connectivity index is 1.10. The van der Waals surface area contributed by atoms with Crippen LogP contribution in [0.5, 0.6) is 0 Å². The molecule has 15 atom stereocenters. The lowest BCUT2D eigenvalue weighted by Crippen LogP contribution is -2.60. The molecule has 9 heteroatoms. The molecule has 0 bridgehead atoms. The fraction of sp³-hybridized carbons (Fsp3) is 0.976. The lowest BCUT2D eigenvalue weighted by molar-refractivity contribution is -0.250. The minimum Gasteiger partial charge on any atom is -0.390 e. The van der Waals surface area contributed by atoms with E-state index in [9.17, 15) is 15.0 Å². The van der Waals surface area contributed by atoms with Crippen LogP contribution in [0.15, 0.2) is 0 Å². The van der Waals surface area contributed by atoms with Crippen molar-refractivity contribution in [2.24, 2.45) is 50.7 Å². The molecule has 1 amide bonds. The Kier molecular flexibility index (Phi) is 9.27. The third kappa shape index (κ3) is 5.12. The molecule has 9 nitrogen and oxygen atoms in total. The summed E-state index contributed by atoms with van der Waals surface area (Å²) in [6.45, 7) is 22.3. The SMILES string of the molecule is CCO[C@@H]([C@H]1C[C@@H](C)[C@H]2[C@H](O1)[C@H](O)[C@@]1(C)[C@@H]3CC[C@H]4C(C)(C)C(O[C@H]5CN([C@@H](C)C(=O)N(C)C)CCO5)CC[C@@]45C[C@@]35CC[C@]21C)C(C)(C)O. The molecule has 5 saturated carbocycles. The van der Waals surface area contributed by atoms with E-state index < -0.39 is 17.8 Å². The van der Waals surface area contributed by atoms with Crippen molar-refractivity contribution in [3.8, 4) is 0 Å². The van der Waals surface area contributed by atoms with Crippen LogP contribution < -0.4 is 0 Å². The predicted octanol–water partition coefficient (Wildman–Crippen LogP) is 5.50. The average molecular weight is 703 g/mol. The number of aliphatic hydroxyl groups is 2. The number of carbonyl (C=O) groups is 1. The lowest BCUT2D eigenvalue weighted by atomic mass is 9.41. The number of ether oxygens (including phenoxy) is 4. The van der Waals surface area contributed by atoms with Crippen molar-refractivity contribution in [2.45, 2.75) is 162 Å². The van der Waals surface area contributed by atoms with E-state index in [1.807, 2.05) is 41.8 Å². The summed E-state index contributed by atoms with van der Waals surface area (Å²) < 4.78 is 26.2. The predicted molar refractivity (Wildman–Crippen MR) is 192 cm³/mol. The fourth-order valence-electron chi connectivity index (χ4n) is 14.5. The second-order valence-corrected chi connectivity index (χ2v) is 19.9. The topological polar surface area (TPSA) is 101 Å². The summed E-state index contributed by atoms with van der Waals surface area (Å²) in [7, 11) is 3.64. The maximum Gasteiger partial charge on any atom is 0.239 e. The minimum atomic E-state index is -1.03. The van der Waals surface area contributed by atoms with Crippen LogP contribution in [0.2, 0.25) is 0 Å². The summed E-state index contributed by atoms with van der Waals surface area (Å²) in [5.41, 5.74) is -0.685. The van der Waals surface area contributed by atoms with Gasteiger partial charge in [-0.05, 0) is 124 Å². The summed E-state index contributed by atoms with van der Waals surface area (Å²) in [5, 5.41) is 23.7. The van der Waals surface area contributed by atoms with E-state index in [0.717, 1.165) is 32.2 Å². The molecule has 7 aliphatic rings. The van der Waals surface area contributed by atoms with Crippen LogP contribution in [0, 0.1) is 50.7 Å². The first kappa shape index (κ1) is 37.5. The summed E-state index contributed by atoms with van der Waals surface area (Å²) in [4.78, 5) is 16.6. The summed E-state index contributed by atoms with van der Waals surface area (Å²) in [5.74, 6) is 1.83. The van der Waals surface area contributed by atoms with Crippen molar-refractivity contribution in [2.75, 3.05) is 40.4 Å². The normalized spacial score (nSPS) is 49.4. The number of amides is 1. The molecular formula is C41H70N2O7. The molecule has 50 heavy (non-hydrogen) atoms. The van der Waals surface area contributed by atoms with Gasteiger partial charge in [0.1, 0.15) is 6.10 Å². The molecule has 2 aliphatic heterocycles. The first-order chi connectivity index (χ1) is 23.3. The maximum atomic E-state index is 12.7. The number of carbonyl (C=O) groups excluding carboxylic acids is 1. The first-order valence-electron chi connectivity index (χ1n) is 20.2. The maximum absolute atomic E-state index is 12.7. The Bertz CT molecular complexity index is 1300. The number of hydrogen-bond acceptors (Lipinski definition) is 8. The van der Waals surface area contributed by atoms with Gasteiger partial charge in [-0.1, -0.05) is 34.6 Å². The van der Waals surface area contributed by atoms with Gasteiger partial charge in [0.05, 0.1) is 49.2 Å². The fourth-order valence-corrected chi connectivity index (χ4v) is 14.5. The van der Waals surface area contributed by atoms with Gasteiger partial charge in [-0.15, -0.1) is 0 Å². The average Bonchev–Trinajstić information content (AvgIpc) is 3.68. The number of rotatable bonds is 8. The van der Waals surface area contributed by atoms with Crippen molar-refractivity contribution in [1.29, 1.82) is 0 Å². The molecule has 7 rings (SSSR count). The van der Waals surface area contributed by atoms with Crippen LogP contribution in [-0.4, -0.2) is 115 Å². The molecule has 0 aromatic heterocycles. The minimum absolute atomic E-state index is 0.00357. The van der Waals surface area contributed by atoms with Crippen LogP contribution in [0.4, 0.5) is 0 Å². The molecule has 286 valence electrons. The van der Waals surface area contributed by atoms with Crippen LogP contribution in [0.25, 0.3) is 0 Å². The van der Waals surface area contributed by atoms with Crippen molar-refractivity contribution in [3.05, 3.63) is 0 Å². The number of hydrogen-bond donors (Lipinski definition) is 2. The van der Waals surface area contributed by atoms with Crippen molar-refractivity contribution in [1.82, 2.24) is 9.80 Å². The van der Waals surface area contributed by atoms with Crippen LogP contribution in [0.1, 0.15) is 114 Å². The number of fused-ring (bicyclic) bond motifs is 4. The molecule has 5 aliphatic carbocycles. The summed E-state index contributed by atoms with van der Waals surface area (Å²) in [6, 6.07) is -0.191. The Morgan fingerprint density at radius 2 is 1.74 bits per heavy atom. The smallest absolute Gasteiger partial charge is 0.239 e. The largest absolute Gasteiger partial charge is 0.390 e. The highest BCUT2D eigenvalue weighted by Gasteiger charge is 2.84. The third-order valence-electron chi connectivity index (χ3n) is 16.9. The second-order valence-electron chi connectivity index (χ2n) is 19.9. The zero-order valence-electron chi connectivity index (χ0n) is 33.2. The van der Waals surface area contributed by atoms with E-state index >= 15 is 0 Å². The molecule has 1 unspecified atom stereocenters. The van der Waals surface area contributed by atoms with Gasteiger partial charge in [-0.3, -0.25) is 9.69 Å². The third-order valence-corrected chi connectivity index (χ3v) is 16.9. The molecule has 2 spiro atoms. The van der Waals surface area contributed by atoms with Gasteiger partial charge in [0.25, 0.3) is 0 Å². The van der Waals surface area contributed by atoms with Crippen molar-refractivity contribution >= 4 is 5.91 Å². The molecule has 0 aromatic rings. The highest BCUT2D eigenvalue weighted by molar-refractivity contribution is 5.80. The number of nitrogens with zero attached hydrogens (tertiary/aromatic N) is 2. The Hall–Kier alpha value is -0.810. The van der Waals surface area contributed by atoms with E-state index in [1.165, 1.54) is 25.7 Å². The highest BCUT2D eigenvalue weighted by atomic mass is 16.7. The van der Waals surface area contributed by atoms with Gasteiger partial charge in [0.15, 0.2) is 6.29 Å². The van der Waals surface area contributed by atoms with Crippen LogP contribution in [0.3, 0.4) is 0 Å². The van der Waals surface area contributed by atoms with Crippen molar-refractivity contribution < 1.29 is 34.0 Å².